The van der Waals surface area contributed by atoms with Gasteiger partial charge in [0.2, 0.25) is 0 Å². The number of sulfonamides is 1. The maximum absolute atomic E-state index is 13.3. The van der Waals surface area contributed by atoms with Crippen molar-refractivity contribution in [2.24, 2.45) is 0 Å². The maximum atomic E-state index is 13.3. The summed E-state index contributed by atoms with van der Waals surface area (Å²) in [5.74, 6) is -0.685. The Kier molecular flexibility index (Phi) is 5.76. The fraction of sp³-hybridized carbons (Fsp3) is 0.192. The second-order valence-corrected chi connectivity index (χ2v) is 10.2. The number of aryl methyl sites for hydroxylation is 4. The number of nitrogen functional groups attached to an aromatic ring is 1. The molecule has 4 rings (SSSR count). The highest BCUT2D eigenvalue weighted by atomic mass is 32.2. The number of carbonyl (C=O) groups excluding carboxylic acids is 1. The van der Waals surface area contributed by atoms with Crippen molar-refractivity contribution >= 4 is 32.5 Å². The average molecular weight is 462 g/mol. The van der Waals surface area contributed by atoms with Gasteiger partial charge < -0.3 is 10.3 Å². The summed E-state index contributed by atoms with van der Waals surface area (Å²) < 4.78 is 29.8. The van der Waals surface area contributed by atoms with E-state index in [4.69, 9.17) is 5.73 Å². The summed E-state index contributed by atoms with van der Waals surface area (Å²) in [6.07, 6.45) is 0. The van der Waals surface area contributed by atoms with Crippen LogP contribution in [-0.4, -0.2) is 18.9 Å². The summed E-state index contributed by atoms with van der Waals surface area (Å²) >= 11 is 0. The van der Waals surface area contributed by atoms with E-state index in [9.17, 15) is 13.2 Å². The smallest absolute Gasteiger partial charge is 0.281 e. The highest BCUT2D eigenvalue weighted by Gasteiger charge is 2.23. The zero-order chi connectivity index (χ0) is 23.9. The predicted octanol–water partition coefficient (Wildman–Crippen LogP) is 4.62. The molecule has 0 fully saturated rings. The Balaban J connectivity index is 1.81. The molecule has 33 heavy (non-hydrogen) atoms. The topological polar surface area (TPSA) is 94.2 Å². The number of carbonyl (C=O) groups is 1. The van der Waals surface area contributed by atoms with E-state index in [2.05, 4.69) is 37.6 Å². The zero-order valence-corrected chi connectivity index (χ0v) is 20.0. The first-order valence-corrected chi connectivity index (χ1v) is 12.1. The van der Waals surface area contributed by atoms with E-state index < -0.39 is 15.9 Å². The van der Waals surface area contributed by atoms with Crippen molar-refractivity contribution in [2.45, 2.75) is 39.1 Å². The first-order valence-electron chi connectivity index (χ1n) is 10.6. The predicted molar refractivity (Wildman–Crippen MR) is 132 cm³/mol. The van der Waals surface area contributed by atoms with Crippen molar-refractivity contribution in [2.75, 3.05) is 5.73 Å². The van der Waals surface area contributed by atoms with Crippen molar-refractivity contribution in [1.29, 1.82) is 0 Å². The van der Waals surface area contributed by atoms with Crippen LogP contribution in [-0.2, 0) is 16.6 Å². The Morgan fingerprint density at radius 1 is 0.909 bits per heavy atom. The van der Waals surface area contributed by atoms with Crippen LogP contribution >= 0.6 is 0 Å². The lowest BCUT2D eigenvalue weighted by Crippen LogP contribution is -2.32. The minimum atomic E-state index is -4.08. The van der Waals surface area contributed by atoms with Crippen LogP contribution in [0.4, 0.5) is 5.69 Å². The minimum absolute atomic E-state index is 0.0556. The number of anilines is 1. The van der Waals surface area contributed by atoms with E-state index >= 15 is 0 Å². The van der Waals surface area contributed by atoms with Gasteiger partial charge >= 0.3 is 0 Å². The standard InChI is InChI=1S/C26H27N3O3S/c1-16-11-18(3)23(19(4)12-16)15-29-24-10-5-7-17(2)22(24)14-25(29)26(30)28-33(31,32)21-9-6-8-20(27)13-21/h5-14H,15,27H2,1-4H3,(H,28,30). The van der Waals surface area contributed by atoms with Crippen LogP contribution in [0, 0.1) is 27.7 Å². The molecular formula is C26H27N3O3S. The number of benzene rings is 3. The molecule has 4 aromatic rings. The minimum Gasteiger partial charge on any atom is -0.399 e. The van der Waals surface area contributed by atoms with Crippen molar-refractivity contribution in [1.82, 2.24) is 9.29 Å². The molecule has 6 nitrogen and oxygen atoms in total. The van der Waals surface area contributed by atoms with Crippen LogP contribution < -0.4 is 10.5 Å². The van der Waals surface area contributed by atoms with E-state index in [1.807, 2.05) is 29.7 Å². The third kappa shape index (κ3) is 4.36. The van der Waals surface area contributed by atoms with E-state index in [0.717, 1.165) is 33.2 Å². The molecule has 0 aliphatic rings. The second kappa shape index (κ2) is 8.41. The Hall–Kier alpha value is -3.58. The number of hydrogen-bond acceptors (Lipinski definition) is 4. The van der Waals surface area contributed by atoms with Crippen LogP contribution in [0.5, 0.6) is 0 Å². The van der Waals surface area contributed by atoms with Gasteiger partial charge in [-0.05, 0) is 80.3 Å². The number of hydrogen-bond donors (Lipinski definition) is 2. The average Bonchev–Trinajstić information content (AvgIpc) is 3.10. The fourth-order valence-electron chi connectivity index (χ4n) is 4.32. The monoisotopic (exact) mass is 461 g/mol. The number of aromatic nitrogens is 1. The Morgan fingerprint density at radius 2 is 1.58 bits per heavy atom. The fourth-order valence-corrected chi connectivity index (χ4v) is 5.34. The highest BCUT2D eigenvalue weighted by Crippen LogP contribution is 2.27. The molecule has 0 atom stereocenters. The third-order valence-electron chi connectivity index (χ3n) is 5.95. The summed E-state index contributed by atoms with van der Waals surface area (Å²) in [6.45, 7) is 8.58. The highest BCUT2D eigenvalue weighted by molar-refractivity contribution is 7.90. The van der Waals surface area contributed by atoms with Crippen LogP contribution in [0.25, 0.3) is 10.9 Å². The zero-order valence-electron chi connectivity index (χ0n) is 19.1. The molecule has 3 aromatic carbocycles. The lowest BCUT2D eigenvalue weighted by Gasteiger charge is -2.16. The van der Waals surface area contributed by atoms with Crippen molar-refractivity contribution in [3.8, 4) is 0 Å². The van der Waals surface area contributed by atoms with Gasteiger partial charge in [-0.2, -0.15) is 0 Å². The molecule has 0 saturated heterocycles. The molecule has 3 N–H and O–H groups in total. The number of nitrogens with two attached hydrogens (primary N) is 1. The number of nitrogens with one attached hydrogen (secondary N) is 1. The molecule has 0 spiro atoms. The first-order chi connectivity index (χ1) is 15.6. The Labute approximate surface area is 194 Å². The number of amides is 1. The molecule has 1 aromatic heterocycles. The summed E-state index contributed by atoms with van der Waals surface area (Å²) in [6, 6.07) is 17.7. The molecule has 0 radical (unpaired) electrons. The molecule has 0 bridgehead atoms. The summed E-state index contributed by atoms with van der Waals surface area (Å²) in [4.78, 5) is 13.2. The van der Waals surface area contributed by atoms with Crippen LogP contribution in [0.1, 0.15) is 38.3 Å². The van der Waals surface area contributed by atoms with E-state index in [1.165, 1.54) is 23.8 Å². The summed E-state index contributed by atoms with van der Waals surface area (Å²) in [7, 11) is -4.08. The van der Waals surface area contributed by atoms with E-state index in [1.54, 1.807) is 12.1 Å². The molecule has 0 unspecified atom stereocenters. The van der Waals surface area contributed by atoms with Crippen molar-refractivity contribution in [3.63, 3.8) is 0 Å². The van der Waals surface area contributed by atoms with Gasteiger partial charge in [0.1, 0.15) is 5.69 Å². The maximum Gasteiger partial charge on any atom is 0.281 e. The van der Waals surface area contributed by atoms with Gasteiger partial charge in [0.15, 0.2) is 0 Å². The molecule has 1 amide bonds. The van der Waals surface area contributed by atoms with Crippen LogP contribution in [0.15, 0.2) is 65.6 Å². The molecule has 0 aliphatic heterocycles. The van der Waals surface area contributed by atoms with Gasteiger partial charge in [0.25, 0.3) is 15.9 Å². The summed E-state index contributed by atoms with van der Waals surface area (Å²) in [5, 5.41) is 0.909. The molecular weight excluding hydrogens is 434 g/mol. The first kappa shape index (κ1) is 22.6. The number of nitrogens with zero attached hydrogens (tertiary/aromatic N) is 1. The van der Waals surface area contributed by atoms with Crippen molar-refractivity contribution < 1.29 is 13.2 Å². The third-order valence-corrected chi connectivity index (χ3v) is 7.28. The van der Waals surface area contributed by atoms with Gasteiger partial charge in [-0.25, -0.2) is 13.1 Å². The Bertz CT molecular complexity index is 1480. The lowest BCUT2D eigenvalue weighted by molar-refractivity contribution is 0.0973. The molecule has 0 aliphatic carbocycles. The van der Waals surface area contributed by atoms with Gasteiger partial charge in [0, 0.05) is 23.1 Å². The quantitative estimate of drug-likeness (QED) is 0.424. The van der Waals surface area contributed by atoms with Crippen LogP contribution in [0.2, 0.25) is 0 Å². The number of fused-ring (bicyclic) bond motifs is 1. The van der Waals surface area contributed by atoms with Gasteiger partial charge in [-0.3, -0.25) is 4.79 Å². The normalized spacial score (nSPS) is 11.6. The van der Waals surface area contributed by atoms with Gasteiger partial charge in [0.05, 0.1) is 4.90 Å². The van der Waals surface area contributed by atoms with Gasteiger partial charge in [-0.1, -0.05) is 35.9 Å². The van der Waals surface area contributed by atoms with E-state index in [0.29, 0.717) is 12.2 Å². The molecule has 0 saturated carbocycles. The molecule has 7 heteroatoms. The second-order valence-electron chi connectivity index (χ2n) is 8.51. The van der Waals surface area contributed by atoms with Gasteiger partial charge in [-0.15, -0.1) is 0 Å². The lowest BCUT2D eigenvalue weighted by atomic mass is 9.99. The van der Waals surface area contributed by atoms with Crippen molar-refractivity contribution in [3.05, 3.63) is 94.2 Å². The largest absolute Gasteiger partial charge is 0.399 e. The molecule has 170 valence electrons. The Morgan fingerprint density at radius 3 is 2.24 bits per heavy atom. The van der Waals surface area contributed by atoms with Crippen LogP contribution in [0.3, 0.4) is 0 Å². The van der Waals surface area contributed by atoms with E-state index in [-0.39, 0.29) is 10.6 Å². The number of rotatable bonds is 5. The SMILES string of the molecule is Cc1cc(C)c(Cn2c(C(=O)NS(=O)(=O)c3cccc(N)c3)cc3c(C)cccc32)c(C)c1. The molecule has 1 heterocycles. The summed E-state index contributed by atoms with van der Waals surface area (Å²) in [5.41, 5.74) is 12.7.